The molecule has 2 amide bonds. The number of ether oxygens (including phenoxy) is 4. The fraction of sp³-hybridized carbons (Fsp3) is 0.583. The quantitative estimate of drug-likeness (QED) is 0.236. The van der Waals surface area contributed by atoms with Gasteiger partial charge in [-0.3, -0.25) is 9.59 Å². The number of carbonyl (C=O) groups excluding carboxylic acids is 3. The summed E-state index contributed by atoms with van der Waals surface area (Å²) >= 11 is 0. The summed E-state index contributed by atoms with van der Waals surface area (Å²) in [4.78, 5) is 49.7. The van der Waals surface area contributed by atoms with Crippen LogP contribution in [-0.4, -0.2) is 61.6 Å². The maximum atomic E-state index is 12.7. The van der Waals surface area contributed by atoms with E-state index >= 15 is 0 Å². The Morgan fingerprint density at radius 2 is 1.53 bits per heavy atom. The number of esters is 1. The zero-order chi connectivity index (χ0) is 25.5. The van der Waals surface area contributed by atoms with Gasteiger partial charge in [0.15, 0.2) is 0 Å². The number of methoxy groups -OCH3 is 2. The number of hydrogen-bond donors (Lipinski definition) is 1. The molecule has 0 aliphatic carbocycles. The number of imide groups is 1. The lowest BCUT2D eigenvalue weighted by molar-refractivity contribution is -0.150. The maximum absolute atomic E-state index is 12.7. The first-order valence-corrected chi connectivity index (χ1v) is 11.3. The van der Waals surface area contributed by atoms with E-state index in [4.69, 9.17) is 18.9 Å². The van der Waals surface area contributed by atoms with Gasteiger partial charge in [0.1, 0.15) is 5.75 Å². The van der Waals surface area contributed by atoms with Gasteiger partial charge in [0.05, 0.1) is 46.3 Å². The molecule has 0 bridgehead atoms. The van der Waals surface area contributed by atoms with E-state index in [1.165, 1.54) is 14.2 Å². The smallest absolute Gasteiger partial charge is 0.419 e. The SMILES string of the molecule is CCCCOC(=O)N(Cc1cc(OC)ccc1CC(CC(=O)O)C(=O)OC)C(=O)OCCCC. The Labute approximate surface area is 200 Å². The highest BCUT2D eigenvalue weighted by molar-refractivity contribution is 5.87. The van der Waals surface area contributed by atoms with Crippen molar-refractivity contribution in [1.29, 1.82) is 0 Å². The Morgan fingerprint density at radius 1 is 0.941 bits per heavy atom. The molecule has 0 aromatic heterocycles. The van der Waals surface area contributed by atoms with E-state index in [2.05, 4.69) is 0 Å². The van der Waals surface area contributed by atoms with E-state index in [1.807, 2.05) is 13.8 Å². The molecule has 1 atom stereocenters. The zero-order valence-corrected chi connectivity index (χ0v) is 20.3. The molecule has 1 aromatic carbocycles. The van der Waals surface area contributed by atoms with Crippen LogP contribution in [0, 0.1) is 5.92 Å². The van der Waals surface area contributed by atoms with Crippen LogP contribution in [0.15, 0.2) is 18.2 Å². The van der Waals surface area contributed by atoms with Gasteiger partial charge in [-0.05, 0) is 42.5 Å². The highest BCUT2D eigenvalue weighted by atomic mass is 16.6. The van der Waals surface area contributed by atoms with Gasteiger partial charge in [-0.1, -0.05) is 32.8 Å². The van der Waals surface area contributed by atoms with Crippen molar-refractivity contribution in [3.8, 4) is 5.75 Å². The largest absolute Gasteiger partial charge is 0.497 e. The summed E-state index contributed by atoms with van der Waals surface area (Å²) in [6.07, 6.45) is 0.814. The lowest BCUT2D eigenvalue weighted by atomic mass is 9.92. The first-order chi connectivity index (χ1) is 16.3. The second-order valence-electron chi connectivity index (χ2n) is 7.68. The highest BCUT2D eigenvalue weighted by Gasteiger charge is 2.28. The van der Waals surface area contributed by atoms with Crippen LogP contribution in [0.4, 0.5) is 9.59 Å². The van der Waals surface area contributed by atoms with Crippen LogP contribution in [0.1, 0.15) is 57.1 Å². The minimum absolute atomic E-state index is 0.0297. The van der Waals surface area contributed by atoms with Crippen LogP contribution in [0.25, 0.3) is 0 Å². The van der Waals surface area contributed by atoms with E-state index in [-0.39, 0.29) is 26.2 Å². The second kappa shape index (κ2) is 15.5. The molecule has 0 saturated heterocycles. The average molecular weight is 482 g/mol. The molecular formula is C24H35NO9. The summed E-state index contributed by atoms with van der Waals surface area (Å²) in [7, 11) is 2.66. The summed E-state index contributed by atoms with van der Waals surface area (Å²) in [5.74, 6) is -2.30. The third kappa shape index (κ3) is 9.68. The van der Waals surface area contributed by atoms with Crippen LogP contribution in [0.5, 0.6) is 5.75 Å². The number of amides is 2. The fourth-order valence-electron chi connectivity index (χ4n) is 3.09. The first kappa shape index (κ1) is 28.7. The molecule has 0 fully saturated rings. The maximum Gasteiger partial charge on any atom is 0.419 e. The van der Waals surface area contributed by atoms with E-state index in [0.717, 1.165) is 17.7 Å². The van der Waals surface area contributed by atoms with Gasteiger partial charge in [-0.2, -0.15) is 0 Å². The molecule has 0 aliphatic heterocycles. The topological polar surface area (TPSA) is 129 Å². The minimum Gasteiger partial charge on any atom is -0.497 e. The summed E-state index contributed by atoms with van der Waals surface area (Å²) in [6.45, 7) is 4.00. The van der Waals surface area contributed by atoms with E-state index < -0.39 is 36.5 Å². The molecule has 0 heterocycles. The Morgan fingerprint density at radius 3 is 2.00 bits per heavy atom. The number of rotatable bonds is 14. The van der Waals surface area contributed by atoms with Crippen LogP contribution < -0.4 is 4.74 Å². The summed E-state index contributed by atoms with van der Waals surface area (Å²) in [5, 5.41) is 9.20. The van der Waals surface area contributed by atoms with E-state index in [1.54, 1.807) is 18.2 Å². The predicted molar refractivity (Wildman–Crippen MR) is 123 cm³/mol. The molecular weight excluding hydrogens is 446 g/mol. The fourth-order valence-corrected chi connectivity index (χ4v) is 3.09. The van der Waals surface area contributed by atoms with Crippen LogP contribution in [0.3, 0.4) is 0 Å². The van der Waals surface area contributed by atoms with Crippen molar-refractivity contribution >= 4 is 24.1 Å². The van der Waals surface area contributed by atoms with Gasteiger partial charge in [0.25, 0.3) is 0 Å². The van der Waals surface area contributed by atoms with Crippen molar-refractivity contribution in [2.45, 2.75) is 58.9 Å². The number of carboxylic acids is 1. The summed E-state index contributed by atoms with van der Waals surface area (Å²) in [5.41, 5.74) is 1.05. The van der Waals surface area contributed by atoms with Crippen molar-refractivity contribution < 1.29 is 43.2 Å². The summed E-state index contributed by atoms with van der Waals surface area (Å²) in [6, 6.07) is 4.93. The van der Waals surface area contributed by atoms with Gasteiger partial charge in [-0.25, -0.2) is 14.5 Å². The molecule has 0 spiro atoms. The van der Waals surface area contributed by atoms with Crippen LogP contribution in [0.2, 0.25) is 0 Å². The summed E-state index contributed by atoms with van der Waals surface area (Å²) < 4.78 is 20.5. The van der Waals surface area contributed by atoms with Crippen LogP contribution in [-0.2, 0) is 36.8 Å². The number of hydrogen-bond acceptors (Lipinski definition) is 8. The van der Waals surface area contributed by atoms with Gasteiger partial charge in [0, 0.05) is 0 Å². The highest BCUT2D eigenvalue weighted by Crippen LogP contribution is 2.24. The monoisotopic (exact) mass is 481 g/mol. The van der Waals surface area contributed by atoms with Crippen molar-refractivity contribution in [1.82, 2.24) is 4.90 Å². The Hall–Kier alpha value is -3.30. The number of unbranched alkanes of at least 4 members (excludes halogenated alkanes) is 2. The lowest BCUT2D eigenvalue weighted by Gasteiger charge is -2.23. The number of aliphatic carboxylic acids is 1. The lowest BCUT2D eigenvalue weighted by Crippen LogP contribution is -2.38. The van der Waals surface area contributed by atoms with Crippen molar-refractivity contribution in [3.63, 3.8) is 0 Å². The molecule has 0 radical (unpaired) electrons. The number of carboxylic acid groups (broad SMARTS) is 1. The van der Waals surface area contributed by atoms with E-state index in [9.17, 15) is 24.3 Å². The van der Waals surface area contributed by atoms with E-state index in [0.29, 0.717) is 29.7 Å². The van der Waals surface area contributed by atoms with Gasteiger partial charge in [0.2, 0.25) is 0 Å². The normalized spacial score (nSPS) is 11.3. The number of nitrogens with zero attached hydrogens (tertiary/aromatic N) is 1. The standard InChI is InChI=1S/C24H35NO9/c1-5-7-11-33-23(29)25(24(30)34-12-8-6-2)16-19-14-20(31-3)10-9-17(19)13-18(15-21(26)27)22(28)32-4/h9-10,14,18H,5-8,11-13,15-16H2,1-4H3,(H,26,27). The molecule has 1 N–H and O–H groups in total. The molecule has 10 nitrogen and oxygen atoms in total. The predicted octanol–water partition coefficient (Wildman–Crippen LogP) is 4.18. The Bertz CT molecular complexity index is 803. The number of benzene rings is 1. The van der Waals surface area contributed by atoms with Gasteiger partial charge < -0.3 is 24.1 Å². The number of carbonyl (C=O) groups is 4. The Kier molecular flexibility index (Phi) is 13.1. The molecule has 1 aromatic rings. The zero-order valence-electron chi connectivity index (χ0n) is 20.3. The molecule has 10 heteroatoms. The molecule has 0 saturated carbocycles. The third-order valence-electron chi connectivity index (χ3n) is 5.05. The molecule has 34 heavy (non-hydrogen) atoms. The molecule has 0 aliphatic rings. The average Bonchev–Trinajstić information content (AvgIpc) is 2.82. The van der Waals surface area contributed by atoms with Crippen molar-refractivity contribution in [3.05, 3.63) is 29.3 Å². The minimum atomic E-state index is -1.15. The molecule has 190 valence electrons. The third-order valence-corrected chi connectivity index (χ3v) is 5.05. The Balaban J connectivity index is 3.26. The van der Waals surface area contributed by atoms with Crippen LogP contribution >= 0.6 is 0 Å². The van der Waals surface area contributed by atoms with Crippen molar-refractivity contribution in [2.75, 3.05) is 27.4 Å². The molecule has 1 rings (SSSR count). The van der Waals surface area contributed by atoms with Gasteiger partial charge in [-0.15, -0.1) is 0 Å². The van der Waals surface area contributed by atoms with Gasteiger partial charge >= 0.3 is 24.1 Å². The van der Waals surface area contributed by atoms with Crippen molar-refractivity contribution in [2.24, 2.45) is 5.92 Å². The first-order valence-electron chi connectivity index (χ1n) is 11.3. The molecule has 1 unspecified atom stereocenters. The second-order valence-corrected chi connectivity index (χ2v) is 7.68.